The highest BCUT2D eigenvalue weighted by Crippen LogP contribution is 2.16. The summed E-state index contributed by atoms with van der Waals surface area (Å²) >= 11 is 0. The van der Waals surface area contributed by atoms with Crippen molar-refractivity contribution in [1.82, 2.24) is 0 Å². The zero-order chi connectivity index (χ0) is 14.2. The Bertz CT molecular complexity index is 517. The molecule has 2 rings (SSSR count). The van der Waals surface area contributed by atoms with Crippen molar-refractivity contribution < 1.29 is 9.47 Å². The molecule has 2 nitrogen and oxygen atoms in total. The van der Waals surface area contributed by atoms with Crippen molar-refractivity contribution in [3.8, 4) is 11.5 Å². The molecule has 0 saturated heterocycles. The largest absolute Gasteiger partial charge is 0.497 e. The van der Waals surface area contributed by atoms with Crippen molar-refractivity contribution >= 4 is 0 Å². The highest BCUT2D eigenvalue weighted by atomic mass is 16.5. The highest BCUT2D eigenvalue weighted by Gasteiger charge is 1.98. The summed E-state index contributed by atoms with van der Waals surface area (Å²) in [5.41, 5.74) is 2.60. The topological polar surface area (TPSA) is 18.5 Å². The van der Waals surface area contributed by atoms with E-state index < -0.39 is 0 Å². The van der Waals surface area contributed by atoms with E-state index in [4.69, 9.17) is 9.47 Å². The molecule has 2 heteroatoms. The molecule has 0 aliphatic rings. The zero-order valence-electron chi connectivity index (χ0n) is 12.3. The van der Waals surface area contributed by atoms with Crippen LogP contribution in [0.4, 0.5) is 0 Å². The summed E-state index contributed by atoms with van der Waals surface area (Å²) < 4.78 is 11.0. The second-order valence-electron chi connectivity index (χ2n) is 4.84. The molecular weight excluding hydrogens is 248 g/mol. The number of aryl methyl sites for hydroxylation is 1. The molecule has 20 heavy (non-hydrogen) atoms. The first kappa shape index (κ1) is 14.4. The third kappa shape index (κ3) is 4.30. The molecule has 0 bridgehead atoms. The van der Waals surface area contributed by atoms with E-state index in [9.17, 15) is 0 Å². The summed E-state index contributed by atoms with van der Waals surface area (Å²) in [6.45, 7) is 2.89. The Labute approximate surface area is 121 Å². The van der Waals surface area contributed by atoms with Crippen molar-refractivity contribution in [3.05, 3.63) is 59.7 Å². The normalized spacial score (nSPS) is 10.3. The van der Waals surface area contributed by atoms with Gasteiger partial charge in [-0.05, 0) is 41.8 Å². The van der Waals surface area contributed by atoms with E-state index in [0.717, 1.165) is 30.8 Å². The standard InChI is InChI=1S/C18H22O2/c1-3-5-16-6-4-7-18(14-16)20-13-12-15-8-10-17(19-2)11-9-15/h4,6-11,14H,3,5,12-13H2,1-2H3. The van der Waals surface area contributed by atoms with Gasteiger partial charge in [-0.3, -0.25) is 0 Å². The lowest BCUT2D eigenvalue weighted by molar-refractivity contribution is 0.321. The fraction of sp³-hybridized carbons (Fsp3) is 0.333. The van der Waals surface area contributed by atoms with Gasteiger partial charge in [0.05, 0.1) is 13.7 Å². The van der Waals surface area contributed by atoms with Crippen molar-refractivity contribution in [2.45, 2.75) is 26.2 Å². The van der Waals surface area contributed by atoms with Gasteiger partial charge in [-0.2, -0.15) is 0 Å². The van der Waals surface area contributed by atoms with E-state index in [1.54, 1.807) is 7.11 Å². The maximum Gasteiger partial charge on any atom is 0.119 e. The van der Waals surface area contributed by atoms with Gasteiger partial charge in [0.25, 0.3) is 0 Å². The minimum absolute atomic E-state index is 0.696. The van der Waals surface area contributed by atoms with Gasteiger partial charge >= 0.3 is 0 Å². The van der Waals surface area contributed by atoms with E-state index in [1.807, 2.05) is 18.2 Å². The highest BCUT2D eigenvalue weighted by molar-refractivity contribution is 5.29. The Hall–Kier alpha value is -1.96. The predicted molar refractivity (Wildman–Crippen MR) is 82.6 cm³/mol. The maximum atomic E-state index is 5.82. The van der Waals surface area contributed by atoms with Crippen LogP contribution in [0.15, 0.2) is 48.5 Å². The Balaban J connectivity index is 1.84. The van der Waals surface area contributed by atoms with Crippen LogP contribution in [0, 0.1) is 0 Å². The van der Waals surface area contributed by atoms with E-state index in [2.05, 4.69) is 37.3 Å². The molecule has 0 atom stereocenters. The smallest absolute Gasteiger partial charge is 0.119 e. The monoisotopic (exact) mass is 270 g/mol. The van der Waals surface area contributed by atoms with Crippen LogP contribution in [-0.4, -0.2) is 13.7 Å². The van der Waals surface area contributed by atoms with E-state index in [-0.39, 0.29) is 0 Å². The third-order valence-corrected chi connectivity index (χ3v) is 3.26. The van der Waals surface area contributed by atoms with Crippen LogP contribution in [-0.2, 0) is 12.8 Å². The average molecular weight is 270 g/mol. The number of hydrogen-bond acceptors (Lipinski definition) is 2. The zero-order valence-corrected chi connectivity index (χ0v) is 12.3. The van der Waals surface area contributed by atoms with Crippen LogP contribution >= 0.6 is 0 Å². The summed E-state index contributed by atoms with van der Waals surface area (Å²) in [5, 5.41) is 0. The number of hydrogen-bond donors (Lipinski definition) is 0. The summed E-state index contributed by atoms with van der Waals surface area (Å²) in [7, 11) is 1.68. The van der Waals surface area contributed by atoms with Crippen molar-refractivity contribution in [2.75, 3.05) is 13.7 Å². The van der Waals surface area contributed by atoms with Crippen LogP contribution in [0.5, 0.6) is 11.5 Å². The number of rotatable bonds is 7. The van der Waals surface area contributed by atoms with Crippen LogP contribution < -0.4 is 9.47 Å². The third-order valence-electron chi connectivity index (χ3n) is 3.26. The van der Waals surface area contributed by atoms with Crippen LogP contribution in [0.2, 0.25) is 0 Å². The molecule has 0 N–H and O–H groups in total. The molecule has 2 aromatic carbocycles. The molecular formula is C18H22O2. The fourth-order valence-corrected chi connectivity index (χ4v) is 2.16. The number of benzene rings is 2. The van der Waals surface area contributed by atoms with Gasteiger partial charge < -0.3 is 9.47 Å². The molecule has 0 aromatic heterocycles. The summed E-state index contributed by atoms with van der Waals surface area (Å²) in [6, 6.07) is 16.5. The second kappa shape index (κ2) is 7.59. The number of ether oxygens (including phenoxy) is 2. The summed E-state index contributed by atoms with van der Waals surface area (Å²) in [4.78, 5) is 0. The first-order chi connectivity index (χ1) is 9.81. The van der Waals surface area contributed by atoms with Crippen molar-refractivity contribution in [1.29, 1.82) is 0 Å². The van der Waals surface area contributed by atoms with Crippen molar-refractivity contribution in [3.63, 3.8) is 0 Å². The molecule has 0 aliphatic carbocycles. The molecule has 106 valence electrons. The Morgan fingerprint density at radius 2 is 1.65 bits per heavy atom. The molecule has 0 saturated carbocycles. The van der Waals surface area contributed by atoms with Gasteiger partial charge in [0.2, 0.25) is 0 Å². The molecule has 0 spiro atoms. The van der Waals surface area contributed by atoms with Gasteiger partial charge in [0.15, 0.2) is 0 Å². The molecule has 2 aromatic rings. The van der Waals surface area contributed by atoms with Crippen LogP contribution in [0.25, 0.3) is 0 Å². The van der Waals surface area contributed by atoms with Crippen molar-refractivity contribution in [2.24, 2.45) is 0 Å². The lowest BCUT2D eigenvalue weighted by Gasteiger charge is -2.08. The Morgan fingerprint density at radius 3 is 2.35 bits per heavy atom. The Morgan fingerprint density at radius 1 is 0.850 bits per heavy atom. The first-order valence-electron chi connectivity index (χ1n) is 7.16. The Kier molecular flexibility index (Phi) is 5.48. The van der Waals surface area contributed by atoms with E-state index >= 15 is 0 Å². The molecule has 0 heterocycles. The van der Waals surface area contributed by atoms with Gasteiger partial charge in [-0.25, -0.2) is 0 Å². The first-order valence-corrected chi connectivity index (χ1v) is 7.16. The van der Waals surface area contributed by atoms with Gasteiger partial charge in [0, 0.05) is 6.42 Å². The van der Waals surface area contributed by atoms with E-state index in [1.165, 1.54) is 11.1 Å². The van der Waals surface area contributed by atoms with Crippen LogP contribution in [0.1, 0.15) is 24.5 Å². The van der Waals surface area contributed by atoms with Gasteiger partial charge in [-0.1, -0.05) is 37.6 Å². The lowest BCUT2D eigenvalue weighted by Crippen LogP contribution is -2.01. The molecule has 0 aliphatic heterocycles. The van der Waals surface area contributed by atoms with Gasteiger partial charge in [0.1, 0.15) is 11.5 Å². The van der Waals surface area contributed by atoms with Crippen LogP contribution in [0.3, 0.4) is 0 Å². The fourth-order valence-electron chi connectivity index (χ4n) is 2.16. The minimum atomic E-state index is 0.696. The molecule has 0 unspecified atom stereocenters. The summed E-state index contributed by atoms with van der Waals surface area (Å²) in [5.74, 6) is 1.85. The maximum absolute atomic E-state index is 5.82. The summed E-state index contributed by atoms with van der Waals surface area (Å²) in [6.07, 6.45) is 3.17. The number of methoxy groups -OCH3 is 1. The SMILES string of the molecule is CCCc1cccc(OCCc2ccc(OC)cc2)c1. The quantitative estimate of drug-likeness (QED) is 0.748. The van der Waals surface area contributed by atoms with E-state index in [0.29, 0.717) is 6.61 Å². The molecule has 0 fully saturated rings. The molecule has 0 amide bonds. The van der Waals surface area contributed by atoms with Gasteiger partial charge in [-0.15, -0.1) is 0 Å². The molecule has 0 radical (unpaired) electrons. The average Bonchev–Trinajstić information content (AvgIpc) is 2.49. The minimum Gasteiger partial charge on any atom is -0.497 e. The second-order valence-corrected chi connectivity index (χ2v) is 4.84. The predicted octanol–water partition coefficient (Wildman–Crippen LogP) is 4.27. The lowest BCUT2D eigenvalue weighted by atomic mass is 10.1.